The molecule has 0 saturated heterocycles. The zero-order valence-electron chi connectivity index (χ0n) is 15.3. The Morgan fingerprint density at radius 2 is 2.04 bits per heavy atom. The number of benzene rings is 1. The molecule has 1 aromatic carbocycles. The number of nitrogens with one attached hydrogen (secondary N) is 1. The Bertz CT molecular complexity index is 950. The van der Waals surface area contributed by atoms with Crippen molar-refractivity contribution in [1.82, 2.24) is 19.9 Å². The molecule has 0 bridgehead atoms. The van der Waals surface area contributed by atoms with Gasteiger partial charge in [-0.3, -0.25) is 9.78 Å². The maximum atomic E-state index is 12.7. The summed E-state index contributed by atoms with van der Waals surface area (Å²) in [6, 6.07) is 13.0. The summed E-state index contributed by atoms with van der Waals surface area (Å²) < 4.78 is 0. The lowest BCUT2D eigenvalue weighted by Crippen LogP contribution is -2.37. The number of pyridine rings is 1. The van der Waals surface area contributed by atoms with E-state index >= 15 is 0 Å². The summed E-state index contributed by atoms with van der Waals surface area (Å²) in [4.78, 5) is 27.3. The van der Waals surface area contributed by atoms with Crippen molar-refractivity contribution in [1.29, 1.82) is 0 Å². The Labute approximate surface area is 163 Å². The van der Waals surface area contributed by atoms with Crippen LogP contribution < -0.4 is 5.32 Å². The summed E-state index contributed by atoms with van der Waals surface area (Å²) in [5, 5.41) is 13.2. The number of aliphatic hydroxyl groups is 1. The highest BCUT2D eigenvalue weighted by Crippen LogP contribution is 2.26. The molecule has 0 saturated carbocycles. The van der Waals surface area contributed by atoms with Gasteiger partial charge in [-0.1, -0.05) is 30.3 Å². The molecule has 1 aliphatic rings. The molecule has 28 heavy (non-hydrogen) atoms. The first-order valence-electron chi connectivity index (χ1n) is 9.20. The molecule has 3 heterocycles. The van der Waals surface area contributed by atoms with Crippen LogP contribution in [0.1, 0.15) is 33.2 Å². The molecule has 3 aromatic rings. The van der Waals surface area contributed by atoms with E-state index in [2.05, 4.69) is 20.3 Å². The quantitative estimate of drug-likeness (QED) is 0.711. The van der Waals surface area contributed by atoms with E-state index in [9.17, 15) is 9.90 Å². The standard InChI is InChI=1S/C21H21N5O2/c27-13-19(15-5-2-1-3-6-15)25-20-17-8-10-26(12-18(17)23-14-24-20)21(28)16-7-4-9-22-11-16/h1-7,9,11,14,19,27H,8,10,12-13H2,(H,23,24,25)/t19-/m0/s1. The number of fused-ring (bicyclic) bond motifs is 1. The fourth-order valence-electron chi connectivity index (χ4n) is 3.41. The minimum atomic E-state index is -0.254. The number of hydrogen-bond donors (Lipinski definition) is 2. The first-order valence-corrected chi connectivity index (χ1v) is 9.20. The lowest BCUT2D eigenvalue weighted by Gasteiger charge is -2.29. The number of aliphatic hydroxyl groups excluding tert-OH is 1. The Morgan fingerprint density at radius 1 is 1.18 bits per heavy atom. The molecule has 0 aliphatic carbocycles. The summed E-state index contributed by atoms with van der Waals surface area (Å²) in [5.41, 5.74) is 3.38. The van der Waals surface area contributed by atoms with Crippen LogP contribution in [-0.2, 0) is 13.0 Å². The van der Waals surface area contributed by atoms with Gasteiger partial charge >= 0.3 is 0 Å². The highest BCUT2D eigenvalue weighted by molar-refractivity contribution is 5.94. The van der Waals surface area contributed by atoms with Gasteiger partial charge in [0.05, 0.1) is 30.5 Å². The highest BCUT2D eigenvalue weighted by atomic mass is 16.3. The zero-order valence-corrected chi connectivity index (χ0v) is 15.3. The number of carbonyl (C=O) groups is 1. The van der Waals surface area contributed by atoms with Crippen molar-refractivity contribution in [2.24, 2.45) is 0 Å². The molecule has 7 nitrogen and oxygen atoms in total. The number of hydrogen-bond acceptors (Lipinski definition) is 6. The van der Waals surface area contributed by atoms with E-state index in [0.717, 1.165) is 16.8 Å². The second-order valence-corrected chi connectivity index (χ2v) is 6.66. The van der Waals surface area contributed by atoms with Gasteiger partial charge in [0.15, 0.2) is 0 Å². The molecular formula is C21H21N5O2. The third-order valence-corrected chi connectivity index (χ3v) is 4.90. The van der Waals surface area contributed by atoms with Gasteiger partial charge in [0.25, 0.3) is 5.91 Å². The van der Waals surface area contributed by atoms with E-state index < -0.39 is 0 Å². The minimum Gasteiger partial charge on any atom is -0.394 e. The molecule has 1 aliphatic heterocycles. The van der Waals surface area contributed by atoms with Crippen LogP contribution >= 0.6 is 0 Å². The van der Waals surface area contributed by atoms with Crippen LogP contribution in [-0.4, -0.2) is 44.0 Å². The van der Waals surface area contributed by atoms with Crippen molar-refractivity contribution in [3.63, 3.8) is 0 Å². The summed E-state index contributed by atoms with van der Waals surface area (Å²) in [6.45, 7) is 0.960. The molecule has 1 atom stereocenters. The summed E-state index contributed by atoms with van der Waals surface area (Å²) in [7, 11) is 0. The Kier molecular flexibility index (Phi) is 5.25. The van der Waals surface area contributed by atoms with Gasteiger partial charge in [-0.15, -0.1) is 0 Å². The summed E-state index contributed by atoms with van der Waals surface area (Å²) >= 11 is 0. The minimum absolute atomic E-state index is 0.0472. The average molecular weight is 375 g/mol. The normalized spacial score (nSPS) is 14.2. The number of carbonyl (C=O) groups excluding carboxylic acids is 1. The van der Waals surface area contributed by atoms with Gasteiger partial charge in [-0.2, -0.15) is 0 Å². The molecule has 2 aromatic heterocycles. The van der Waals surface area contributed by atoms with E-state index in [1.165, 1.54) is 6.33 Å². The predicted molar refractivity (Wildman–Crippen MR) is 105 cm³/mol. The fourth-order valence-corrected chi connectivity index (χ4v) is 3.41. The van der Waals surface area contributed by atoms with Crippen molar-refractivity contribution >= 4 is 11.7 Å². The third-order valence-electron chi connectivity index (χ3n) is 4.90. The van der Waals surface area contributed by atoms with Crippen LogP contribution in [0.5, 0.6) is 0 Å². The van der Waals surface area contributed by atoms with Gasteiger partial charge in [0.1, 0.15) is 12.1 Å². The maximum Gasteiger partial charge on any atom is 0.255 e. The molecular weight excluding hydrogens is 354 g/mol. The summed E-state index contributed by atoms with van der Waals surface area (Å²) in [6.07, 6.45) is 5.38. The van der Waals surface area contributed by atoms with Crippen LogP contribution in [0.15, 0.2) is 61.2 Å². The SMILES string of the molecule is O=C(c1cccnc1)N1CCc2c(ncnc2N[C@@H](CO)c2ccccc2)C1. The molecule has 0 radical (unpaired) electrons. The Balaban J connectivity index is 1.54. The van der Waals surface area contributed by atoms with Gasteiger partial charge in [-0.25, -0.2) is 9.97 Å². The Hall–Kier alpha value is -3.32. The highest BCUT2D eigenvalue weighted by Gasteiger charge is 2.26. The average Bonchev–Trinajstić information content (AvgIpc) is 2.77. The second-order valence-electron chi connectivity index (χ2n) is 6.66. The number of anilines is 1. The first-order chi connectivity index (χ1) is 13.8. The molecule has 1 amide bonds. The lowest BCUT2D eigenvalue weighted by molar-refractivity contribution is 0.0731. The molecule has 7 heteroatoms. The van der Waals surface area contributed by atoms with E-state index in [1.807, 2.05) is 30.3 Å². The Morgan fingerprint density at radius 3 is 2.79 bits per heavy atom. The monoisotopic (exact) mass is 375 g/mol. The van der Waals surface area contributed by atoms with Crippen molar-refractivity contribution in [2.75, 3.05) is 18.5 Å². The topological polar surface area (TPSA) is 91.2 Å². The number of aromatic nitrogens is 3. The van der Waals surface area contributed by atoms with Crippen LogP contribution in [0.3, 0.4) is 0 Å². The van der Waals surface area contributed by atoms with Crippen LogP contribution in [0.25, 0.3) is 0 Å². The molecule has 0 fully saturated rings. The van der Waals surface area contributed by atoms with Crippen molar-refractivity contribution in [3.8, 4) is 0 Å². The molecule has 0 spiro atoms. The van der Waals surface area contributed by atoms with Gasteiger partial charge in [0.2, 0.25) is 0 Å². The van der Waals surface area contributed by atoms with Crippen molar-refractivity contribution < 1.29 is 9.90 Å². The fraction of sp³-hybridized carbons (Fsp3) is 0.238. The molecule has 2 N–H and O–H groups in total. The van der Waals surface area contributed by atoms with Crippen LogP contribution in [0.2, 0.25) is 0 Å². The maximum absolute atomic E-state index is 12.7. The van der Waals surface area contributed by atoms with Crippen molar-refractivity contribution in [2.45, 2.75) is 19.0 Å². The van der Waals surface area contributed by atoms with Gasteiger partial charge in [-0.05, 0) is 24.1 Å². The van der Waals surface area contributed by atoms with Crippen molar-refractivity contribution in [3.05, 3.63) is 83.6 Å². The van der Waals surface area contributed by atoms with Gasteiger partial charge < -0.3 is 15.3 Å². The van der Waals surface area contributed by atoms with E-state index in [-0.39, 0.29) is 18.6 Å². The summed E-state index contributed by atoms with van der Waals surface area (Å²) in [5.74, 6) is 0.658. The number of rotatable bonds is 5. The second kappa shape index (κ2) is 8.14. The molecule has 0 unspecified atom stereocenters. The number of nitrogens with zero attached hydrogens (tertiary/aromatic N) is 4. The van der Waals surface area contributed by atoms with Gasteiger partial charge in [0, 0.05) is 24.5 Å². The zero-order chi connectivity index (χ0) is 19.3. The van der Waals surface area contributed by atoms with E-state index in [1.54, 1.807) is 29.4 Å². The molecule has 4 rings (SSSR count). The van der Waals surface area contributed by atoms with E-state index in [0.29, 0.717) is 30.9 Å². The largest absolute Gasteiger partial charge is 0.394 e. The molecule has 142 valence electrons. The van der Waals surface area contributed by atoms with E-state index in [4.69, 9.17) is 0 Å². The predicted octanol–water partition coefficient (Wildman–Crippen LogP) is 2.22. The first kappa shape index (κ1) is 18.1. The van der Waals surface area contributed by atoms with Crippen LogP contribution in [0.4, 0.5) is 5.82 Å². The van der Waals surface area contributed by atoms with Crippen LogP contribution in [0, 0.1) is 0 Å². The number of amides is 1. The lowest BCUT2D eigenvalue weighted by atomic mass is 10.0. The third kappa shape index (κ3) is 3.70. The smallest absolute Gasteiger partial charge is 0.255 e.